The minimum Gasteiger partial charge on any atom is -0.456 e. The van der Waals surface area contributed by atoms with E-state index in [-0.39, 0.29) is 29.3 Å². The van der Waals surface area contributed by atoms with Crippen LogP contribution in [0.3, 0.4) is 0 Å². The maximum atomic E-state index is 8.82. The van der Waals surface area contributed by atoms with Gasteiger partial charge in [0.25, 0.3) is 0 Å². The molecule has 51 heavy (non-hydrogen) atoms. The second-order valence-corrected chi connectivity index (χ2v) is 13.5. The highest BCUT2D eigenvalue weighted by atomic mass is 32.1. The maximum Gasteiger partial charge on any atom is 0.165 e. The van der Waals surface area contributed by atoms with Crippen molar-refractivity contribution in [1.29, 1.82) is 0 Å². The Balaban J connectivity index is 1.18. The standard InChI is InChI=1S/C45H26N4OS/c1-2-12-27(13-3-1)43-46-44(28-24-25-32-31-16-6-9-22-38(31)50-39(32)26-28)48-45(47-43)34-18-10-17-33-41-37(21-11-23-40(41)51-42(33)34)49-35-19-7-4-14-29(35)30-15-5-8-20-36(30)49/h1-26H/i1D,2D,3D,12D,13D. The largest absolute Gasteiger partial charge is 0.456 e. The monoisotopic (exact) mass is 675 g/mol. The van der Waals surface area contributed by atoms with E-state index >= 15 is 0 Å². The smallest absolute Gasteiger partial charge is 0.165 e. The Labute approximate surface area is 302 Å². The molecule has 0 saturated carbocycles. The summed E-state index contributed by atoms with van der Waals surface area (Å²) in [7, 11) is 0. The van der Waals surface area contributed by atoms with Crippen LogP contribution in [0, 0.1) is 0 Å². The normalized spacial score (nSPS) is 13.3. The van der Waals surface area contributed by atoms with Crippen molar-refractivity contribution < 1.29 is 11.3 Å². The predicted octanol–water partition coefficient (Wildman–Crippen LogP) is 12.2. The van der Waals surface area contributed by atoms with E-state index in [1.807, 2.05) is 54.6 Å². The molecule has 0 aliphatic rings. The van der Waals surface area contributed by atoms with Crippen LogP contribution in [0.1, 0.15) is 6.85 Å². The number of para-hydroxylation sites is 3. The molecule has 0 unspecified atom stereocenters. The molecular weight excluding hydrogens is 645 g/mol. The summed E-state index contributed by atoms with van der Waals surface area (Å²) in [6.07, 6.45) is 0. The third-order valence-electron chi connectivity index (χ3n) is 9.56. The SMILES string of the molecule is [2H]c1c([2H])c([2H])c(-c2nc(-c3ccc4c(c3)oc3ccccc34)nc(-c3cccc4c3sc3cccc(-n5c6ccccc6c6ccccc65)c34)n2)c([2H])c1[2H]. The number of fused-ring (bicyclic) bond motifs is 9. The number of hydrogen-bond acceptors (Lipinski definition) is 5. The summed E-state index contributed by atoms with van der Waals surface area (Å²) < 4.78 is 53.3. The molecule has 7 aromatic carbocycles. The molecule has 6 heteroatoms. The molecule has 0 atom stereocenters. The highest BCUT2D eigenvalue weighted by Gasteiger charge is 2.20. The molecule has 4 heterocycles. The highest BCUT2D eigenvalue weighted by Crippen LogP contribution is 2.44. The van der Waals surface area contributed by atoms with Crippen LogP contribution in [-0.4, -0.2) is 19.5 Å². The first-order valence-corrected chi connectivity index (χ1v) is 17.4. The molecule has 0 bridgehead atoms. The summed E-state index contributed by atoms with van der Waals surface area (Å²) >= 11 is 1.64. The van der Waals surface area contributed by atoms with Crippen molar-refractivity contribution in [1.82, 2.24) is 19.5 Å². The molecule has 0 radical (unpaired) electrons. The van der Waals surface area contributed by atoms with Crippen molar-refractivity contribution in [2.45, 2.75) is 0 Å². The van der Waals surface area contributed by atoms with Crippen molar-refractivity contribution in [3.05, 3.63) is 158 Å². The number of rotatable bonds is 4. The van der Waals surface area contributed by atoms with Gasteiger partial charge in [-0.25, -0.2) is 15.0 Å². The van der Waals surface area contributed by atoms with Crippen LogP contribution < -0.4 is 0 Å². The lowest BCUT2D eigenvalue weighted by atomic mass is 10.1. The molecule has 4 aromatic heterocycles. The lowest BCUT2D eigenvalue weighted by Gasteiger charge is -2.11. The molecule has 0 aliphatic carbocycles. The van der Waals surface area contributed by atoms with E-state index in [2.05, 4.69) is 77.4 Å². The molecule has 11 aromatic rings. The maximum absolute atomic E-state index is 8.82. The van der Waals surface area contributed by atoms with Crippen LogP contribution >= 0.6 is 11.3 Å². The third-order valence-corrected chi connectivity index (χ3v) is 10.8. The molecule has 0 amide bonds. The number of thiophene rings is 1. The molecule has 0 saturated heterocycles. The van der Waals surface area contributed by atoms with Crippen molar-refractivity contribution in [3.8, 4) is 39.9 Å². The summed E-state index contributed by atoms with van der Waals surface area (Å²) in [4.78, 5) is 14.7. The summed E-state index contributed by atoms with van der Waals surface area (Å²) in [5, 5.41) is 6.41. The predicted molar refractivity (Wildman–Crippen MR) is 211 cm³/mol. The van der Waals surface area contributed by atoms with E-state index in [9.17, 15) is 0 Å². The van der Waals surface area contributed by atoms with Crippen LogP contribution in [0.15, 0.2) is 162 Å². The fraction of sp³-hybridized carbons (Fsp3) is 0. The van der Waals surface area contributed by atoms with Gasteiger partial charge in [0.1, 0.15) is 11.2 Å². The molecule has 0 N–H and O–H groups in total. The Morgan fingerprint density at radius 2 is 1.18 bits per heavy atom. The minimum atomic E-state index is -0.484. The summed E-state index contributed by atoms with van der Waals surface area (Å²) in [5.74, 6) is 0.580. The van der Waals surface area contributed by atoms with Gasteiger partial charge in [-0.1, -0.05) is 109 Å². The van der Waals surface area contributed by atoms with E-state index in [1.54, 1.807) is 11.3 Å². The Bertz CT molecular complexity index is 3380. The van der Waals surface area contributed by atoms with Crippen LogP contribution in [0.4, 0.5) is 0 Å². The molecule has 0 aliphatic heterocycles. The van der Waals surface area contributed by atoms with Crippen LogP contribution in [0.2, 0.25) is 0 Å². The Kier molecular flexibility index (Phi) is 5.08. The molecule has 0 spiro atoms. The Morgan fingerprint density at radius 3 is 1.98 bits per heavy atom. The summed E-state index contributed by atoms with van der Waals surface area (Å²) in [5.41, 5.74) is 5.96. The number of benzene rings is 7. The van der Waals surface area contributed by atoms with Gasteiger partial charge < -0.3 is 8.98 Å². The van der Waals surface area contributed by atoms with Crippen LogP contribution in [-0.2, 0) is 0 Å². The Morgan fingerprint density at radius 1 is 0.529 bits per heavy atom. The van der Waals surface area contributed by atoms with Crippen molar-refractivity contribution in [2.24, 2.45) is 0 Å². The number of aromatic nitrogens is 4. The third kappa shape index (κ3) is 4.30. The first-order valence-electron chi connectivity index (χ1n) is 19.0. The molecule has 5 nitrogen and oxygen atoms in total. The first kappa shape index (κ1) is 23.7. The second kappa shape index (κ2) is 10.9. The lowest BCUT2D eigenvalue weighted by molar-refractivity contribution is 0.669. The molecule has 0 fully saturated rings. The van der Waals surface area contributed by atoms with Gasteiger partial charge in [-0.3, -0.25) is 0 Å². The van der Waals surface area contributed by atoms with Gasteiger partial charge >= 0.3 is 0 Å². The van der Waals surface area contributed by atoms with E-state index in [4.69, 9.17) is 26.2 Å². The van der Waals surface area contributed by atoms with Crippen molar-refractivity contribution in [2.75, 3.05) is 0 Å². The van der Waals surface area contributed by atoms with E-state index < -0.39 is 18.1 Å². The van der Waals surface area contributed by atoms with E-state index in [1.165, 1.54) is 10.8 Å². The zero-order valence-electron chi connectivity index (χ0n) is 31.7. The van der Waals surface area contributed by atoms with Crippen molar-refractivity contribution >= 4 is 75.3 Å². The van der Waals surface area contributed by atoms with Gasteiger partial charge in [-0.05, 0) is 48.5 Å². The summed E-state index contributed by atoms with van der Waals surface area (Å²) in [6.45, 7) is 0. The molecule has 238 valence electrons. The van der Waals surface area contributed by atoms with Gasteiger partial charge in [0, 0.05) is 58.4 Å². The highest BCUT2D eigenvalue weighted by molar-refractivity contribution is 7.26. The fourth-order valence-electron chi connectivity index (χ4n) is 7.34. The van der Waals surface area contributed by atoms with E-state index in [0.29, 0.717) is 17.0 Å². The molecule has 11 rings (SSSR count). The second-order valence-electron chi connectivity index (χ2n) is 12.4. The number of hydrogen-bond donors (Lipinski definition) is 0. The van der Waals surface area contributed by atoms with Crippen LogP contribution in [0.25, 0.3) is 104 Å². The van der Waals surface area contributed by atoms with Gasteiger partial charge in [-0.2, -0.15) is 0 Å². The van der Waals surface area contributed by atoms with E-state index in [0.717, 1.165) is 58.8 Å². The summed E-state index contributed by atoms with van der Waals surface area (Å²) in [6, 6.07) is 40.8. The van der Waals surface area contributed by atoms with Crippen LogP contribution in [0.5, 0.6) is 0 Å². The fourth-order valence-corrected chi connectivity index (χ4v) is 8.57. The number of nitrogens with zero attached hydrogens (tertiary/aromatic N) is 4. The first-order chi connectivity index (χ1) is 27.4. The van der Waals surface area contributed by atoms with Gasteiger partial charge in [0.2, 0.25) is 0 Å². The topological polar surface area (TPSA) is 56.7 Å². The van der Waals surface area contributed by atoms with Crippen molar-refractivity contribution in [3.63, 3.8) is 0 Å². The van der Waals surface area contributed by atoms with Gasteiger partial charge in [-0.15, -0.1) is 11.3 Å². The average Bonchev–Trinajstić information content (AvgIpc) is 3.91. The quantitative estimate of drug-likeness (QED) is 0.186. The minimum absolute atomic E-state index is 0.0178. The zero-order chi connectivity index (χ0) is 37.8. The lowest BCUT2D eigenvalue weighted by Crippen LogP contribution is -2.00. The zero-order valence-corrected chi connectivity index (χ0v) is 27.5. The van der Waals surface area contributed by atoms with Gasteiger partial charge in [0.15, 0.2) is 17.5 Å². The van der Waals surface area contributed by atoms with Gasteiger partial charge in [0.05, 0.1) is 23.6 Å². The average molecular weight is 676 g/mol. The molecular formula is C45H26N4OS. The Hall–Kier alpha value is -6.63. The number of furan rings is 1.